The molecule has 0 spiro atoms. The van der Waals surface area contributed by atoms with Gasteiger partial charge in [0, 0.05) is 18.5 Å². The number of nitrogens with one attached hydrogen (secondary N) is 1. The van der Waals surface area contributed by atoms with Gasteiger partial charge in [0.05, 0.1) is 11.8 Å². The number of rotatable bonds is 1. The monoisotopic (exact) mass is 177 g/mol. The predicted molar refractivity (Wildman–Crippen MR) is 44.6 cm³/mol. The molecule has 6 heteroatoms. The zero-order valence-corrected chi connectivity index (χ0v) is 6.64. The summed E-state index contributed by atoms with van der Waals surface area (Å²) in [5.41, 5.74) is 3.08. The lowest BCUT2D eigenvalue weighted by Gasteiger charge is -1.98. The van der Waals surface area contributed by atoms with Gasteiger partial charge in [0.2, 0.25) is 0 Å². The average Bonchev–Trinajstić information content (AvgIpc) is 2.63. The predicted octanol–water partition coefficient (Wildman–Crippen LogP) is -0.667. The molecule has 0 fully saturated rings. The molecular weight excluding hydrogens is 170 g/mol. The number of nitrogen functional groups attached to an aromatic ring is 1. The molecule has 13 heavy (non-hydrogen) atoms. The highest BCUT2D eigenvalue weighted by Gasteiger charge is 2.04. The smallest absolute Gasteiger partial charge is 0.268 e. The second-order valence-corrected chi connectivity index (χ2v) is 2.45. The van der Waals surface area contributed by atoms with Gasteiger partial charge in [-0.2, -0.15) is 5.10 Å². The third kappa shape index (κ3) is 1.23. The zero-order chi connectivity index (χ0) is 9.26. The summed E-state index contributed by atoms with van der Waals surface area (Å²) in [6, 6.07) is 1.74. The van der Waals surface area contributed by atoms with Gasteiger partial charge in [-0.25, -0.2) is 15.3 Å². The Morgan fingerprint density at radius 3 is 3.23 bits per heavy atom. The van der Waals surface area contributed by atoms with Gasteiger partial charge < -0.3 is 0 Å². The minimum absolute atomic E-state index is 0.374. The Hall–Kier alpha value is -1.95. The molecule has 2 rings (SSSR count). The van der Waals surface area contributed by atoms with E-state index in [4.69, 9.17) is 5.84 Å². The number of aromatic nitrogens is 3. The molecule has 2 aromatic rings. The van der Waals surface area contributed by atoms with E-state index in [0.717, 1.165) is 0 Å². The molecule has 2 heterocycles. The summed E-state index contributed by atoms with van der Waals surface area (Å²) in [7, 11) is 0. The van der Waals surface area contributed by atoms with Gasteiger partial charge in [-0.05, 0) is 0 Å². The van der Waals surface area contributed by atoms with Crippen LogP contribution in [0.2, 0.25) is 0 Å². The Morgan fingerprint density at radius 1 is 1.62 bits per heavy atom. The first kappa shape index (κ1) is 7.69. The number of hydrogen-bond donors (Lipinski definition) is 2. The molecule has 0 radical (unpaired) electrons. The van der Waals surface area contributed by atoms with Crippen molar-refractivity contribution in [2.45, 2.75) is 0 Å². The Bertz CT molecular complexity index is 449. The summed E-state index contributed by atoms with van der Waals surface area (Å²) in [6.07, 6.45) is 4.61. The molecule has 0 saturated heterocycles. The van der Waals surface area contributed by atoms with E-state index in [1.54, 1.807) is 18.5 Å². The lowest BCUT2D eigenvalue weighted by molar-refractivity contribution is 0.0952. The van der Waals surface area contributed by atoms with Crippen molar-refractivity contribution >= 4 is 11.6 Å². The van der Waals surface area contributed by atoms with E-state index in [9.17, 15) is 4.79 Å². The minimum Gasteiger partial charge on any atom is -0.290 e. The van der Waals surface area contributed by atoms with Crippen LogP contribution in [0.4, 0.5) is 0 Å². The molecule has 0 aromatic carbocycles. The van der Waals surface area contributed by atoms with Crippen LogP contribution in [0.1, 0.15) is 10.4 Å². The van der Waals surface area contributed by atoms with Crippen LogP contribution in [-0.2, 0) is 0 Å². The van der Waals surface area contributed by atoms with Crippen molar-refractivity contribution in [1.82, 2.24) is 20.0 Å². The molecule has 0 aliphatic carbocycles. The fourth-order valence-corrected chi connectivity index (χ4v) is 1.01. The van der Waals surface area contributed by atoms with Crippen molar-refractivity contribution in [2.24, 2.45) is 5.84 Å². The van der Waals surface area contributed by atoms with E-state index in [1.807, 2.05) is 5.43 Å². The first-order valence-corrected chi connectivity index (χ1v) is 3.61. The maximum absolute atomic E-state index is 11.1. The van der Waals surface area contributed by atoms with Crippen LogP contribution < -0.4 is 11.3 Å². The van der Waals surface area contributed by atoms with Crippen LogP contribution >= 0.6 is 0 Å². The molecule has 66 valence electrons. The van der Waals surface area contributed by atoms with Gasteiger partial charge in [0.15, 0.2) is 5.65 Å². The summed E-state index contributed by atoms with van der Waals surface area (Å²) >= 11 is 0. The number of nitrogens with two attached hydrogens (primary N) is 1. The summed E-state index contributed by atoms with van der Waals surface area (Å²) in [5, 5.41) is 3.93. The van der Waals surface area contributed by atoms with Crippen molar-refractivity contribution in [3.05, 3.63) is 30.2 Å². The Labute approximate surface area is 73.3 Å². The van der Waals surface area contributed by atoms with Crippen LogP contribution in [0.15, 0.2) is 24.7 Å². The van der Waals surface area contributed by atoms with Gasteiger partial charge in [-0.15, -0.1) is 0 Å². The Kier molecular flexibility index (Phi) is 1.67. The van der Waals surface area contributed by atoms with Gasteiger partial charge in [-0.3, -0.25) is 10.2 Å². The molecule has 6 nitrogen and oxygen atoms in total. The summed E-state index contributed by atoms with van der Waals surface area (Å²) in [4.78, 5) is 15.1. The maximum Gasteiger partial charge on any atom is 0.268 e. The SMILES string of the molecule is NNC(=O)c1cnc2ccnn2c1. The average molecular weight is 177 g/mol. The van der Waals surface area contributed by atoms with E-state index < -0.39 is 0 Å². The van der Waals surface area contributed by atoms with Crippen LogP contribution in [0.5, 0.6) is 0 Å². The second kappa shape index (κ2) is 2.83. The Morgan fingerprint density at radius 2 is 2.46 bits per heavy atom. The van der Waals surface area contributed by atoms with Gasteiger partial charge in [-0.1, -0.05) is 0 Å². The molecule has 0 saturated carbocycles. The van der Waals surface area contributed by atoms with E-state index >= 15 is 0 Å². The normalized spacial score (nSPS) is 10.2. The molecule has 2 aromatic heterocycles. The van der Waals surface area contributed by atoms with Gasteiger partial charge in [0.1, 0.15) is 0 Å². The molecule has 1 amide bonds. The highest BCUT2D eigenvalue weighted by atomic mass is 16.2. The number of carbonyl (C=O) groups is 1. The van der Waals surface area contributed by atoms with Crippen LogP contribution in [0, 0.1) is 0 Å². The number of hydrazine groups is 1. The quantitative estimate of drug-likeness (QED) is 0.344. The lowest BCUT2D eigenvalue weighted by Crippen LogP contribution is -2.30. The van der Waals surface area contributed by atoms with Crippen LogP contribution in [0.3, 0.4) is 0 Å². The fourth-order valence-electron chi connectivity index (χ4n) is 1.01. The van der Waals surface area contributed by atoms with E-state index in [-0.39, 0.29) is 5.91 Å². The summed E-state index contributed by atoms with van der Waals surface area (Å²) in [5.74, 6) is 4.58. The number of fused-ring (bicyclic) bond motifs is 1. The third-order valence-electron chi connectivity index (χ3n) is 1.64. The number of nitrogens with zero attached hydrogens (tertiary/aromatic N) is 3. The van der Waals surface area contributed by atoms with E-state index in [1.165, 1.54) is 10.7 Å². The first-order chi connectivity index (χ1) is 6.31. The molecule has 3 N–H and O–H groups in total. The highest BCUT2D eigenvalue weighted by Crippen LogP contribution is 2.00. The standard InChI is InChI=1S/C7H7N5O/c8-11-7(13)5-3-9-6-1-2-10-12(6)4-5/h1-4H,8H2,(H,11,13). The number of amides is 1. The first-order valence-electron chi connectivity index (χ1n) is 3.61. The summed E-state index contributed by atoms with van der Waals surface area (Å²) in [6.45, 7) is 0. The van der Waals surface area contributed by atoms with Gasteiger partial charge >= 0.3 is 0 Å². The van der Waals surface area contributed by atoms with Crippen molar-refractivity contribution in [3.8, 4) is 0 Å². The zero-order valence-electron chi connectivity index (χ0n) is 6.64. The molecule has 0 aliphatic rings. The van der Waals surface area contributed by atoms with Crippen molar-refractivity contribution in [2.75, 3.05) is 0 Å². The second-order valence-electron chi connectivity index (χ2n) is 2.45. The van der Waals surface area contributed by atoms with Crippen LogP contribution in [-0.4, -0.2) is 20.5 Å². The lowest BCUT2D eigenvalue weighted by atomic mass is 10.3. The molecule has 0 unspecified atom stereocenters. The topological polar surface area (TPSA) is 85.3 Å². The molecule has 0 aliphatic heterocycles. The largest absolute Gasteiger partial charge is 0.290 e. The van der Waals surface area contributed by atoms with E-state index in [0.29, 0.717) is 11.2 Å². The van der Waals surface area contributed by atoms with Crippen molar-refractivity contribution < 1.29 is 4.79 Å². The maximum atomic E-state index is 11.1. The number of carbonyl (C=O) groups excluding carboxylic acids is 1. The molecule has 0 atom stereocenters. The third-order valence-corrected chi connectivity index (χ3v) is 1.64. The highest BCUT2D eigenvalue weighted by molar-refractivity contribution is 5.93. The van der Waals surface area contributed by atoms with Gasteiger partial charge in [0.25, 0.3) is 5.91 Å². The molecular formula is C7H7N5O. The van der Waals surface area contributed by atoms with Crippen molar-refractivity contribution in [1.29, 1.82) is 0 Å². The fraction of sp³-hybridized carbons (Fsp3) is 0. The Balaban J connectivity index is 2.54. The summed E-state index contributed by atoms with van der Waals surface area (Å²) < 4.78 is 1.50. The number of hydrogen-bond acceptors (Lipinski definition) is 4. The van der Waals surface area contributed by atoms with E-state index in [2.05, 4.69) is 10.1 Å². The van der Waals surface area contributed by atoms with Crippen LogP contribution in [0.25, 0.3) is 5.65 Å². The van der Waals surface area contributed by atoms with Crippen molar-refractivity contribution in [3.63, 3.8) is 0 Å². The molecule has 0 bridgehead atoms. The minimum atomic E-state index is -0.384.